The van der Waals surface area contributed by atoms with Crippen molar-refractivity contribution in [2.45, 2.75) is 6.92 Å². The van der Waals surface area contributed by atoms with Crippen molar-refractivity contribution in [2.75, 3.05) is 10.6 Å². The molecule has 26 heavy (non-hydrogen) atoms. The number of para-hydroxylation sites is 2. The molecule has 0 bridgehead atoms. The van der Waals surface area contributed by atoms with Crippen molar-refractivity contribution >= 4 is 51.9 Å². The van der Waals surface area contributed by atoms with E-state index in [1.165, 1.54) is 0 Å². The number of nitrogens with zero attached hydrogens (tertiary/aromatic N) is 2. The summed E-state index contributed by atoms with van der Waals surface area (Å²) in [5.41, 5.74) is 2.19. The first-order valence-electron chi connectivity index (χ1n) is 7.76. The minimum atomic E-state index is -0.203. The third-order valence-corrected chi connectivity index (χ3v) is 4.83. The van der Waals surface area contributed by atoms with Gasteiger partial charge in [-0.2, -0.15) is 0 Å². The van der Waals surface area contributed by atoms with Crippen LogP contribution in [0, 0.1) is 6.92 Å². The minimum absolute atomic E-state index is 0.203. The Morgan fingerprint density at radius 2 is 1.54 bits per heavy atom. The van der Waals surface area contributed by atoms with Gasteiger partial charge in [0.15, 0.2) is 5.11 Å². The van der Waals surface area contributed by atoms with Crippen LogP contribution in [-0.4, -0.2) is 14.5 Å². The van der Waals surface area contributed by atoms with Gasteiger partial charge in [-0.3, -0.25) is 9.48 Å². The summed E-state index contributed by atoms with van der Waals surface area (Å²) in [5.74, 6) is 0. The summed E-state index contributed by atoms with van der Waals surface area (Å²) in [7, 11) is 1.82. The number of rotatable bonds is 3. The lowest BCUT2D eigenvalue weighted by Gasteiger charge is -2.12. The zero-order chi connectivity index (χ0) is 18.8. The largest absolute Gasteiger partial charge is 0.330 e. The molecule has 0 aliphatic carbocycles. The van der Waals surface area contributed by atoms with Crippen LogP contribution in [0.3, 0.4) is 0 Å². The zero-order valence-corrected chi connectivity index (χ0v) is 16.4. The molecule has 3 rings (SSSR count). The molecule has 0 aliphatic rings. The fraction of sp³-hybridized carbons (Fsp3) is 0.111. The number of nitrogens with one attached hydrogen (secondary N) is 2. The lowest BCUT2D eigenvalue weighted by Crippen LogP contribution is -2.25. The Balaban J connectivity index is 1.91. The summed E-state index contributed by atoms with van der Waals surface area (Å²) in [4.78, 5) is 12.9. The van der Waals surface area contributed by atoms with Gasteiger partial charge in [0.25, 0.3) is 5.56 Å². The van der Waals surface area contributed by atoms with Crippen LogP contribution in [0.5, 0.6) is 0 Å². The normalized spacial score (nSPS) is 10.6. The van der Waals surface area contributed by atoms with Gasteiger partial charge in [-0.1, -0.05) is 47.5 Å². The average molecular weight is 407 g/mol. The molecule has 2 N–H and O–H groups in total. The molecule has 0 unspecified atom stereocenters. The molecule has 0 saturated heterocycles. The highest BCUT2D eigenvalue weighted by Crippen LogP contribution is 2.30. The quantitative estimate of drug-likeness (QED) is 0.623. The molecular weight excluding hydrogens is 391 g/mol. The van der Waals surface area contributed by atoms with Gasteiger partial charge in [0.05, 0.1) is 27.1 Å². The Labute approximate surface area is 166 Å². The Kier molecular flexibility index (Phi) is 5.36. The summed E-state index contributed by atoms with van der Waals surface area (Å²) < 4.78 is 3.34. The molecule has 5 nitrogen and oxygen atoms in total. The summed E-state index contributed by atoms with van der Waals surface area (Å²) in [6.07, 6.45) is 0. The number of benzene rings is 2. The van der Waals surface area contributed by atoms with Gasteiger partial charge >= 0.3 is 0 Å². The molecule has 8 heteroatoms. The van der Waals surface area contributed by atoms with Gasteiger partial charge in [-0.15, -0.1) is 0 Å². The van der Waals surface area contributed by atoms with E-state index in [0.717, 1.165) is 11.4 Å². The maximum atomic E-state index is 12.9. The summed E-state index contributed by atoms with van der Waals surface area (Å²) in [6.45, 7) is 1.84. The van der Waals surface area contributed by atoms with E-state index in [2.05, 4.69) is 10.6 Å². The van der Waals surface area contributed by atoms with Crippen LogP contribution in [-0.2, 0) is 7.05 Å². The molecule has 2 aromatic carbocycles. The molecule has 0 radical (unpaired) electrons. The van der Waals surface area contributed by atoms with Gasteiger partial charge in [0.1, 0.15) is 5.69 Å². The van der Waals surface area contributed by atoms with Crippen LogP contribution in [0.25, 0.3) is 5.69 Å². The first-order valence-corrected chi connectivity index (χ1v) is 8.92. The van der Waals surface area contributed by atoms with Gasteiger partial charge < -0.3 is 10.6 Å². The maximum absolute atomic E-state index is 12.9. The highest BCUT2D eigenvalue weighted by atomic mass is 35.5. The molecule has 0 spiro atoms. The van der Waals surface area contributed by atoms with E-state index in [4.69, 9.17) is 35.4 Å². The van der Waals surface area contributed by atoms with Gasteiger partial charge in [-0.05, 0) is 43.4 Å². The second-order valence-corrected chi connectivity index (χ2v) is 6.83. The summed E-state index contributed by atoms with van der Waals surface area (Å²) >= 11 is 17.6. The molecule has 1 heterocycles. The molecular formula is C18H16Cl2N4OS. The van der Waals surface area contributed by atoms with Gasteiger partial charge in [-0.25, -0.2) is 4.68 Å². The van der Waals surface area contributed by atoms with Crippen molar-refractivity contribution in [3.05, 3.63) is 74.6 Å². The molecule has 0 aliphatic heterocycles. The Morgan fingerprint density at radius 3 is 2.15 bits per heavy atom. The van der Waals surface area contributed by atoms with Crippen molar-refractivity contribution < 1.29 is 0 Å². The van der Waals surface area contributed by atoms with E-state index in [9.17, 15) is 4.79 Å². The molecule has 0 atom stereocenters. The van der Waals surface area contributed by atoms with Crippen LogP contribution >= 0.6 is 35.4 Å². The fourth-order valence-electron chi connectivity index (χ4n) is 2.59. The van der Waals surface area contributed by atoms with Crippen LogP contribution in [0.4, 0.5) is 11.4 Å². The lowest BCUT2D eigenvalue weighted by molar-refractivity contribution is 0.630. The third-order valence-electron chi connectivity index (χ3n) is 3.99. The van der Waals surface area contributed by atoms with Crippen LogP contribution in [0.15, 0.2) is 53.3 Å². The van der Waals surface area contributed by atoms with Crippen molar-refractivity contribution in [1.29, 1.82) is 0 Å². The van der Waals surface area contributed by atoms with Gasteiger partial charge in [0, 0.05) is 7.05 Å². The lowest BCUT2D eigenvalue weighted by atomic mass is 10.3. The van der Waals surface area contributed by atoms with Crippen LogP contribution in [0.1, 0.15) is 5.69 Å². The van der Waals surface area contributed by atoms with E-state index < -0.39 is 0 Å². The van der Waals surface area contributed by atoms with E-state index in [1.807, 2.05) is 44.3 Å². The predicted molar refractivity (Wildman–Crippen MR) is 112 cm³/mol. The van der Waals surface area contributed by atoms with Crippen molar-refractivity contribution in [1.82, 2.24) is 9.36 Å². The smallest absolute Gasteiger partial charge is 0.295 e. The topological polar surface area (TPSA) is 51.0 Å². The Bertz CT molecular complexity index is 1010. The number of anilines is 2. The van der Waals surface area contributed by atoms with Crippen molar-refractivity contribution in [2.24, 2.45) is 7.05 Å². The monoisotopic (exact) mass is 406 g/mol. The SMILES string of the molecule is Cc1c(NC(=S)Nc2c(Cl)cccc2Cl)c(=O)n(-c2ccccc2)n1C. The second-order valence-electron chi connectivity index (χ2n) is 5.61. The second kappa shape index (κ2) is 7.53. The summed E-state index contributed by atoms with van der Waals surface area (Å²) in [5, 5.41) is 7.01. The van der Waals surface area contributed by atoms with Crippen LogP contribution < -0.4 is 16.2 Å². The predicted octanol–water partition coefficient (Wildman–Crippen LogP) is 4.60. The van der Waals surface area contributed by atoms with Crippen molar-refractivity contribution in [3.8, 4) is 5.69 Å². The molecule has 3 aromatic rings. The first kappa shape index (κ1) is 18.5. The number of thiocarbonyl (C=S) groups is 1. The Hall–Kier alpha value is -2.28. The van der Waals surface area contributed by atoms with E-state index in [0.29, 0.717) is 21.4 Å². The van der Waals surface area contributed by atoms with E-state index >= 15 is 0 Å². The highest BCUT2D eigenvalue weighted by Gasteiger charge is 2.17. The number of halogens is 2. The molecule has 0 fully saturated rings. The number of hydrogen-bond donors (Lipinski definition) is 2. The van der Waals surface area contributed by atoms with E-state index in [-0.39, 0.29) is 10.7 Å². The minimum Gasteiger partial charge on any atom is -0.330 e. The average Bonchev–Trinajstić information content (AvgIpc) is 2.82. The van der Waals surface area contributed by atoms with Gasteiger partial charge in [0.2, 0.25) is 0 Å². The Morgan fingerprint density at radius 1 is 0.962 bits per heavy atom. The van der Waals surface area contributed by atoms with E-state index in [1.54, 1.807) is 27.6 Å². The highest BCUT2D eigenvalue weighted by molar-refractivity contribution is 7.80. The standard InChI is InChI=1S/C18H16Cl2N4OS/c1-11-15(17(25)24(23(11)2)12-7-4-3-5-8-12)21-18(26)22-16-13(19)9-6-10-14(16)20/h3-10H,1-2H3,(H2,21,22,26). The molecule has 0 saturated carbocycles. The maximum Gasteiger partial charge on any atom is 0.295 e. The summed E-state index contributed by atoms with van der Waals surface area (Å²) in [6, 6.07) is 14.5. The molecule has 1 aromatic heterocycles. The fourth-order valence-corrected chi connectivity index (χ4v) is 3.28. The zero-order valence-electron chi connectivity index (χ0n) is 14.1. The number of hydrogen-bond acceptors (Lipinski definition) is 2. The first-order chi connectivity index (χ1) is 12.4. The number of aromatic nitrogens is 2. The van der Waals surface area contributed by atoms with Crippen LogP contribution in [0.2, 0.25) is 10.0 Å². The third kappa shape index (κ3) is 3.49. The molecule has 134 valence electrons. The van der Waals surface area contributed by atoms with Crippen molar-refractivity contribution in [3.63, 3.8) is 0 Å². The molecule has 0 amide bonds.